The van der Waals surface area contributed by atoms with Crippen LogP contribution in [0.15, 0.2) is 10.5 Å². The number of esters is 1. The van der Waals surface area contributed by atoms with E-state index in [9.17, 15) is 18.0 Å². The normalized spacial score (nSPS) is 10.6. The topological polar surface area (TPSA) is 39.2 Å². The Labute approximate surface area is 97.8 Å². The lowest BCUT2D eigenvalue weighted by Gasteiger charge is -2.06. The minimum absolute atomic E-state index is 0.0139. The van der Waals surface area contributed by atoms with Gasteiger partial charge in [0.2, 0.25) is 0 Å². The minimum atomic E-state index is -2.90. The first-order chi connectivity index (χ1) is 7.47. The Bertz CT molecular complexity index is 412. The van der Waals surface area contributed by atoms with Crippen molar-refractivity contribution < 1.29 is 22.7 Å². The molecule has 88 valence electrons. The van der Waals surface area contributed by atoms with Crippen LogP contribution in [0.3, 0.4) is 0 Å². The van der Waals surface area contributed by atoms with E-state index in [0.717, 1.165) is 6.07 Å². The van der Waals surface area contributed by atoms with Gasteiger partial charge in [0.25, 0.3) is 6.43 Å². The quantitative estimate of drug-likeness (QED) is 0.805. The molecular weight excluding hydrogens is 291 g/mol. The van der Waals surface area contributed by atoms with Gasteiger partial charge >= 0.3 is 5.97 Å². The Morgan fingerprint density at radius 3 is 2.75 bits per heavy atom. The first kappa shape index (κ1) is 13.0. The van der Waals surface area contributed by atoms with Gasteiger partial charge in [-0.1, -0.05) is 0 Å². The molecule has 0 saturated heterocycles. The summed E-state index contributed by atoms with van der Waals surface area (Å²) in [7, 11) is 0. The molecular formula is C9H7BrF3NO2. The predicted molar refractivity (Wildman–Crippen MR) is 52.8 cm³/mol. The van der Waals surface area contributed by atoms with Crippen molar-refractivity contribution in [3.8, 4) is 0 Å². The molecule has 7 heteroatoms. The summed E-state index contributed by atoms with van der Waals surface area (Å²) in [4.78, 5) is 14.4. The minimum Gasteiger partial charge on any atom is -0.461 e. The molecule has 3 nitrogen and oxygen atoms in total. The van der Waals surface area contributed by atoms with E-state index in [4.69, 9.17) is 0 Å². The van der Waals surface area contributed by atoms with E-state index >= 15 is 0 Å². The second-order valence-corrected chi connectivity index (χ2v) is 3.56. The fourth-order valence-electron chi connectivity index (χ4n) is 0.976. The number of pyridine rings is 1. The molecule has 1 aromatic heterocycles. The summed E-state index contributed by atoms with van der Waals surface area (Å²) in [5.41, 5.74) is -1.43. The summed E-state index contributed by atoms with van der Waals surface area (Å²) < 4.78 is 42.4. The van der Waals surface area contributed by atoms with Gasteiger partial charge in [0.1, 0.15) is 5.69 Å². The van der Waals surface area contributed by atoms with Gasteiger partial charge in [-0.25, -0.2) is 22.9 Å². The predicted octanol–water partition coefficient (Wildman–Crippen LogP) is 3.10. The van der Waals surface area contributed by atoms with E-state index in [0.29, 0.717) is 0 Å². The second-order valence-electron chi connectivity index (χ2n) is 2.71. The fraction of sp³-hybridized carbons (Fsp3) is 0.333. The van der Waals surface area contributed by atoms with Crippen LogP contribution >= 0.6 is 15.9 Å². The van der Waals surface area contributed by atoms with Crippen molar-refractivity contribution in [2.45, 2.75) is 13.3 Å². The zero-order chi connectivity index (χ0) is 12.3. The van der Waals surface area contributed by atoms with Crippen molar-refractivity contribution in [1.82, 2.24) is 4.98 Å². The van der Waals surface area contributed by atoms with Gasteiger partial charge in [-0.3, -0.25) is 0 Å². The highest BCUT2D eigenvalue weighted by Gasteiger charge is 2.22. The number of halogens is 4. The molecule has 0 amide bonds. The highest BCUT2D eigenvalue weighted by atomic mass is 79.9. The Hall–Kier alpha value is -1.11. The Morgan fingerprint density at radius 2 is 2.25 bits per heavy atom. The van der Waals surface area contributed by atoms with Crippen LogP contribution < -0.4 is 0 Å². The number of carbonyl (C=O) groups excluding carboxylic acids is 1. The zero-order valence-electron chi connectivity index (χ0n) is 8.14. The Morgan fingerprint density at radius 1 is 1.62 bits per heavy atom. The lowest BCUT2D eigenvalue weighted by atomic mass is 10.3. The van der Waals surface area contributed by atoms with Gasteiger partial charge in [0.15, 0.2) is 11.5 Å². The van der Waals surface area contributed by atoms with E-state index in [-0.39, 0.29) is 11.1 Å². The third-order valence-electron chi connectivity index (χ3n) is 1.63. The molecule has 0 aromatic carbocycles. The SMILES string of the molecule is CCOC(=O)c1nc(C(F)F)c(Br)cc1F. The van der Waals surface area contributed by atoms with Gasteiger partial charge in [-0.2, -0.15) is 0 Å². The van der Waals surface area contributed by atoms with Crippen LogP contribution in [0.4, 0.5) is 13.2 Å². The zero-order valence-corrected chi connectivity index (χ0v) is 9.72. The summed E-state index contributed by atoms with van der Waals surface area (Å²) in [6, 6.07) is 0.765. The van der Waals surface area contributed by atoms with Crippen LogP contribution in [-0.2, 0) is 4.74 Å². The maximum Gasteiger partial charge on any atom is 0.360 e. The summed E-state index contributed by atoms with van der Waals surface area (Å²) >= 11 is 2.74. The molecule has 0 N–H and O–H groups in total. The van der Waals surface area contributed by atoms with Gasteiger partial charge in [-0.15, -0.1) is 0 Å². The second kappa shape index (κ2) is 5.29. The van der Waals surface area contributed by atoms with Crippen LogP contribution in [0.25, 0.3) is 0 Å². The Balaban J connectivity index is 3.19. The molecule has 1 rings (SSSR count). The first-order valence-electron chi connectivity index (χ1n) is 4.28. The molecule has 1 heterocycles. The standard InChI is InChI=1S/C9H7BrF3NO2/c1-2-16-9(15)7-5(11)3-4(10)6(14-7)8(12)13/h3,8H,2H2,1H3. The molecule has 0 unspecified atom stereocenters. The fourth-order valence-corrected chi connectivity index (χ4v) is 1.44. The van der Waals surface area contributed by atoms with Crippen molar-refractivity contribution >= 4 is 21.9 Å². The smallest absolute Gasteiger partial charge is 0.360 e. The van der Waals surface area contributed by atoms with Crippen LogP contribution in [0.2, 0.25) is 0 Å². The number of ether oxygens (including phenoxy) is 1. The summed E-state index contributed by atoms with van der Waals surface area (Å²) in [5.74, 6) is -2.07. The molecule has 0 bridgehead atoms. The lowest BCUT2D eigenvalue weighted by molar-refractivity contribution is 0.0511. The Kier molecular flexibility index (Phi) is 4.28. The van der Waals surface area contributed by atoms with Crippen LogP contribution in [-0.4, -0.2) is 17.6 Å². The molecule has 0 aliphatic heterocycles. The van der Waals surface area contributed by atoms with Crippen molar-refractivity contribution in [2.24, 2.45) is 0 Å². The maximum absolute atomic E-state index is 13.2. The van der Waals surface area contributed by atoms with Crippen molar-refractivity contribution in [3.63, 3.8) is 0 Å². The molecule has 0 fully saturated rings. The lowest BCUT2D eigenvalue weighted by Crippen LogP contribution is -2.12. The average Bonchev–Trinajstić information content (AvgIpc) is 2.17. The number of hydrogen-bond acceptors (Lipinski definition) is 3. The third-order valence-corrected chi connectivity index (χ3v) is 2.27. The van der Waals surface area contributed by atoms with Crippen LogP contribution in [0.5, 0.6) is 0 Å². The van der Waals surface area contributed by atoms with E-state index in [1.807, 2.05) is 0 Å². The number of rotatable bonds is 3. The van der Waals surface area contributed by atoms with Crippen LogP contribution in [0.1, 0.15) is 29.5 Å². The van der Waals surface area contributed by atoms with E-state index in [1.165, 1.54) is 6.92 Å². The molecule has 0 atom stereocenters. The van der Waals surface area contributed by atoms with E-state index in [2.05, 4.69) is 25.7 Å². The summed E-state index contributed by atoms with van der Waals surface area (Å²) in [5, 5.41) is 0. The molecule has 0 aliphatic carbocycles. The molecule has 1 aromatic rings. The first-order valence-corrected chi connectivity index (χ1v) is 5.07. The highest BCUT2D eigenvalue weighted by Crippen LogP contribution is 2.27. The molecule has 0 saturated carbocycles. The van der Waals surface area contributed by atoms with Crippen molar-refractivity contribution in [2.75, 3.05) is 6.61 Å². The van der Waals surface area contributed by atoms with Gasteiger partial charge < -0.3 is 4.74 Å². The number of nitrogens with zero attached hydrogens (tertiary/aromatic N) is 1. The molecule has 0 radical (unpaired) electrons. The average molecular weight is 298 g/mol. The third kappa shape index (κ3) is 2.72. The number of alkyl halides is 2. The number of hydrogen-bond donors (Lipinski definition) is 0. The van der Waals surface area contributed by atoms with Gasteiger partial charge in [0, 0.05) is 4.47 Å². The highest BCUT2D eigenvalue weighted by molar-refractivity contribution is 9.10. The molecule has 16 heavy (non-hydrogen) atoms. The summed E-state index contributed by atoms with van der Waals surface area (Å²) in [6.45, 7) is 1.53. The maximum atomic E-state index is 13.2. The monoisotopic (exact) mass is 297 g/mol. The van der Waals surface area contributed by atoms with E-state index < -0.39 is 29.6 Å². The van der Waals surface area contributed by atoms with Gasteiger partial charge in [0.05, 0.1) is 6.61 Å². The van der Waals surface area contributed by atoms with Gasteiger partial charge in [-0.05, 0) is 28.9 Å². The van der Waals surface area contributed by atoms with Crippen molar-refractivity contribution in [3.05, 3.63) is 27.7 Å². The number of carbonyl (C=O) groups is 1. The van der Waals surface area contributed by atoms with Crippen LogP contribution in [0, 0.1) is 5.82 Å². The molecule has 0 aliphatic rings. The largest absolute Gasteiger partial charge is 0.461 e. The molecule has 0 spiro atoms. The van der Waals surface area contributed by atoms with E-state index in [1.54, 1.807) is 0 Å². The number of aromatic nitrogens is 1. The summed E-state index contributed by atoms with van der Waals surface area (Å²) in [6.07, 6.45) is -2.90. The van der Waals surface area contributed by atoms with Crippen molar-refractivity contribution in [1.29, 1.82) is 0 Å².